The smallest absolute Gasteiger partial charge is 0.325 e. The van der Waals surface area contributed by atoms with Gasteiger partial charge in [0.15, 0.2) is 5.69 Å². The molecule has 36 heavy (non-hydrogen) atoms. The van der Waals surface area contributed by atoms with Gasteiger partial charge in [0.05, 0.1) is 12.3 Å². The Morgan fingerprint density at radius 2 is 1.64 bits per heavy atom. The maximum atomic E-state index is 13.7. The average molecular weight is 518 g/mol. The van der Waals surface area contributed by atoms with E-state index >= 15 is 0 Å². The van der Waals surface area contributed by atoms with Gasteiger partial charge in [-0.2, -0.15) is 4.37 Å². The number of halogens is 2. The van der Waals surface area contributed by atoms with E-state index < -0.39 is 47.9 Å². The van der Waals surface area contributed by atoms with E-state index in [9.17, 15) is 28.0 Å². The van der Waals surface area contributed by atoms with Gasteiger partial charge in [-0.25, -0.2) is 8.78 Å². The molecule has 0 aliphatic rings. The Bertz CT molecular complexity index is 1280. The van der Waals surface area contributed by atoms with Crippen LogP contribution < -0.4 is 21.7 Å². The van der Waals surface area contributed by atoms with E-state index in [1.54, 1.807) is 6.92 Å². The van der Waals surface area contributed by atoms with Crippen LogP contribution in [-0.2, 0) is 14.3 Å². The number of nitrogens with zero attached hydrogens (tertiary/aromatic N) is 2. The van der Waals surface area contributed by atoms with E-state index in [1.807, 2.05) is 0 Å². The van der Waals surface area contributed by atoms with Gasteiger partial charge < -0.3 is 21.5 Å². The second kappa shape index (κ2) is 11.4. The quantitative estimate of drug-likeness (QED) is 0.367. The van der Waals surface area contributed by atoms with Crippen LogP contribution in [0, 0.1) is 11.6 Å². The molecule has 0 fully saturated rings. The zero-order chi connectivity index (χ0) is 26.4. The number of hydrogen-bond acceptors (Lipinski definition) is 8. The third-order valence-electron chi connectivity index (χ3n) is 4.88. The zero-order valence-corrected chi connectivity index (χ0v) is 19.7. The molecule has 5 N–H and O–H groups in total. The van der Waals surface area contributed by atoms with Crippen LogP contribution in [0.4, 0.5) is 20.2 Å². The van der Waals surface area contributed by atoms with E-state index in [0.717, 1.165) is 29.2 Å². The number of nitrogens with two attached hydrogens (primary N) is 2. The van der Waals surface area contributed by atoms with Crippen molar-refractivity contribution in [1.29, 1.82) is 0 Å². The van der Waals surface area contributed by atoms with Crippen LogP contribution >= 0.6 is 11.5 Å². The molecule has 0 saturated heterocycles. The molecule has 13 heteroatoms. The summed E-state index contributed by atoms with van der Waals surface area (Å²) in [6.07, 6.45) is 0. The van der Waals surface area contributed by atoms with Gasteiger partial charge >= 0.3 is 5.97 Å². The average Bonchev–Trinajstić information content (AvgIpc) is 3.24. The number of nitrogens with one attached hydrogen (secondary N) is 1. The standard InChI is InChI=1S/C23H21F2N5O5S/c1-2-35-16(31)11-28-22(33)19(12-3-5-13(24)6-4-12)30(15-9-7-14(25)8-10-15)23(34)20-17(26)18(21(27)32)29-36-20/h3-10,19H,2,11,26H2,1H3,(H2,27,32)(H,28,33). The number of esters is 1. The monoisotopic (exact) mass is 517 g/mol. The highest BCUT2D eigenvalue weighted by atomic mass is 32.1. The first-order chi connectivity index (χ1) is 17.1. The number of aromatic nitrogens is 1. The minimum atomic E-state index is -1.48. The van der Waals surface area contributed by atoms with Gasteiger partial charge in [0.2, 0.25) is 5.91 Å². The molecular formula is C23H21F2N5O5S. The topological polar surface area (TPSA) is 158 Å². The van der Waals surface area contributed by atoms with Crippen molar-refractivity contribution in [2.45, 2.75) is 13.0 Å². The molecule has 0 aliphatic carbocycles. The number of primary amides is 1. The molecule has 0 radical (unpaired) electrons. The van der Waals surface area contributed by atoms with E-state index in [1.165, 1.54) is 24.3 Å². The molecular weight excluding hydrogens is 496 g/mol. The van der Waals surface area contributed by atoms with E-state index in [-0.39, 0.29) is 34.1 Å². The van der Waals surface area contributed by atoms with Crippen molar-refractivity contribution in [3.05, 3.63) is 76.3 Å². The number of benzene rings is 2. The highest BCUT2D eigenvalue weighted by Crippen LogP contribution is 2.33. The fourth-order valence-electron chi connectivity index (χ4n) is 3.25. The lowest BCUT2D eigenvalue weighted by molar-refractivity contribution is -0.143. The summed E-state index contributed by atoms with van der Waals surface area (Å²) in [7, 11) is 0. The molecule has 1 heterocycles. The van der Waals surface area contributed by atoms with Crippen LogP contribution in [0.15, 0.2) is 48.5 Å². The molecule has 0 aliphatic heterocycles. The summed E-state index contributed by atoms with van der Waals surface area (Å²) in [6.45, 7) is 1.17. The number of nitrogen functional groups attached to an aromatic ring is 1. The predicted octanol–water partition coefficient (Wildman–Crippen LogP) is 2.17. The maximum absolute atomic E-state index is 13.7. The number of ether oxygens (including phenoxy) is 1. The first kappa shape index (κ1) is 26.2. The van der Waals surface area contributed by atoms with Gasteiger partial charge in [-0.05, 0) is 60.4 Å². The van der Waals surface area contributed by atoms with Crippen molar-refractivity contribution in [2.24, 2.45) is 5.73 Å². The molecule has 3 aromatic rings. The third kappa shape index (κ3) is 5.81. The Hall–Kier alpha value is -4.39. The van der Waals surface area contributed by atoms with Crippen molar-refractivity contribution in [2.75, 3.05) is 23.8 Å². The first-order valence-corrected chi connectivity index (χ1v) is 11.2. The molecule has 0 saturated carbocycles. The fourth-order valence-corrected chi connectivity index (χ4v) is 4.00. The Balaban J connectivity index is 2.14. The number of amides is 3. The second-order valence-electron chi connectivity index (χ2n) is 7.27. The lowest BCUT2D eigenvalue weighted by atomic mass is 10.0. The van der Waals surface area contributed by atoms with Crippen molar-refractivity contribution < 1.29 is 32.7 Å². The second-order valence-corrected chi connectivity index (χ2v) is 8.04. The SMILES string of the molecule is CCOC(=O)CNC(=O)C(c1ccc(F)cc1)N(C(=O)c1snc(C(N)=O)c1N)c1ccc(F)cc1. The Morgan fingerprint density at radius 3 is 2.17 bits per heavy atom. The summed E-state index contributed by atoms with van der Waals surface area (Å²) in [5.41, 5.74) is 10.8. The van der Waals surface area contributed by atoms with Crippen LogP contribution in [0.1, 0.15) is 38.7 Å². The molecule has 0 bridgehead atoms. The molecule has 2 aromatic carbocycles. The van der Waals surface area contributed by atoms with E-state index in [0.29, 0.717) is 11.5 Å². The van der Waals surface area contributed by atoms with Gasteiger partial charge in [0.25, 0.3) is 11.8 Å². The van der Waals surface area contributed by atoms with Crippen molar-refractivity contribution in [1.82, 2.24) is 9.69 Å². The van der Waals surface area contributed by atoms with Gasteiger partial charge in [-0.15, -0.1) is 0 Å². The van der Waals surface area contributed by atoms with Crippen LogP contribution in [0.3, 0.4) is 0 Å². The predicted molar refractivity (Wildman–Crippen MR) is 127 cm³/mol. The lowest BCUT2D eigenvalue weighted by Gasteiger charge is -2.31. The summed E-state index contributed by atoms with van der Waals surface area (Å²) in [6, 6.07) is 7.87. The summed E-state index contributed by atoms with van der Waals surface area (Å²) in [4.78, 5) is 51.3. The Labute approximate surface area is 208 Å². The molecule has 1 aromatic heterocycles. The number of carbonyl (C=O) groups excluding carboxylic acids is 4. The Morgan fingerprint density at radius 1 is 1.06 bits per heavy atom. The van der Waals surface area contributed by atoms with Crippen molar-refractivity contribution in [3.63, 3.8) is 0 Å². The first-order valence-electron chi connectivity index (χ1n) is 10.5. The molecule has 188 valence electrons. The highest BCUT2D eigenvalue weighted by Gasteiger charge is 2.36. The van der Waals surface area contributed by atoms with Gasteiger partial charge in [0, 0.05) is 5.69 Å². The molecule has 10 nitrogen and oxygen atoms in total. The number of rotatable bonds is 9. The van der Waals surface area contributed by atoms with Gasteiger partial charge in [-0.1, -0.05) is 12.1 Å². The van der Waals surface area contributed by atoms with Gasteiger partial charge in [-0.3, -0.25) is 24.1 Å². The number of anilines is 2. The van der Waals surface area contributed by atoms with Crippen molar-refractivity contribution in [3.8, 4) is 0 Å². The summed E-state index contributed by atoms with van der Waals surface area (Å²) < 4.78 is 36.0. The van der Waals surface area contributed by atoms with E-state index in [2.05, 4.69) is 9.69 Å². The van der Waals surface area contributed by atoms with Gasteiger partial charge in [0.1, 0.15) is 29.1 Å². The summed E-state index contributed by atoms with van der Waals surface area (Å²) >= 11 is 0.583. The van der Waals surface area contributed by atoms with Crippen LogP contribution in [-0.4, -0.2) is 41.2 Å². The third-order valence-corrected chi connectivity index (χ3v) is 5.73. The van der Waals surface area contributed by atoms with Crippen molar-refractivity contribution >= 4 is 46.6 Å². The number of carbonyl (C=O) groups is 4. The maximum Gasteiger partial charge on any atom is 0.325 e. The minimum absolute atomic E-state index is 0.0652. The molecule has 1 unspecified atom stereocenters. The van der Waals surface area contributed by atoms with Crippen LogP contribution in [0.2, 0.25) is 0 Å². The molecule has 3 amide bonds. The zero-order valence-electron chi connectivity index (χ0n) is 18.9. The normalized spacial score (nSPS) is 11.4. The fraction of sp³-hybridized carbons (Fsp3) is 0.174. The molecule has 0 spiro atoms. The van der Waals surface area contributed by atoms with E-state index in [4.69, 9.17) is 16.2 Å². The largest absolute Gasteiger partial charge is 0.465 e. The highest BCUT2D eigenvalue weighted by molar-refractivity contribution is 7.09. The lowest BCUT2D eigenvalue weighted by Crippen LogP contribution is -2.45. The molecule has 1 atom stereocenters. The summed E-state index contributed by atoms with van der Waals surface area (Å²) in [5, 5.41) is 2.39. The Kier molecular flexibility index (Phi) is 8.27. The van der Waals surface area contributed by atoms with Crippen LogP contribution in [0.5, 0.6) is 0 Å². The van der Waals surface area contributed by atoms with Crippen LogP contribution in [0.25, 0.3) is 0 Å². The number of hydrogen-bond donors (Lipinski definition) is 3. The summed E-state index contributed by atoms with van der Waals surface area (Å²) in [5.74, 6) is -4.58. The molecule has 3 rings (SSSR count). The minimum Gasteiger partial charge on any atom is -0.465 e.